The van der Waals surface area contributed by atoms with Crippen molar-refractivity contribution in [2.45, 2.75) is 32.9 Å². The first-order valence-corrected chi connectivity index (χ1v) is 8.48. The Morgan fingerprint density at radius 2 is 2.00 bits per heavy atom. The average Bonchev–Trinajstić information content (AvgIpc) is 3.13. The maximum atomic E-state index is 13.6. The van der Waals surface area contributed by atoms with Crippen LogP contribution < -0.4 is 10.9 Å². The van der Waals surface area contributed by atoms with Crippen LogP contribution in [0.15, 0.2) is 51.8 Å². The molecule has 0 saturated heterocycles. The second-order valence-corrected chi connectivity index (χ2v) is 6.35. The van der Waals surface area contributed by atoms with E-state index in [0.29, 0.717) is 17.0 Å². The number of aromatic nitrogens is 3. The minimum atomic E-state index is -0.411. The van der Waals surface area contributed by atoms with Crippen LogP contribution in [0.25, 0.3) is 11.5 Å². The topological polar surface area (TPSA) is 90.0 Å². The van der Waals surface area contributed by atoms with Gasteiger partial charge in [-0.3, -0.25) is 9.59 Å². The molecule has 2 aromatic heterocycles. The third-order valence-corrected chi connectivity index (χ3v) is 3.91. The predicted molar refractivity (Wildman–Crippen MR) is 96.3 cm³/mol. The van der Waals surface area contributed by atoms with Gasteiger partial charge in [-0.05, 0) is 12.1 Å². The summed E-state index contributed by atoms with van der Waals surface area (Å²) in [6.07, 6.45) is 1.49. The van der Waals surface area contributed by atoms with Crippen molar-refractivity contribution in [3.63, 3.8) is 0 Å². The monoisotopic (exact) mass is 370 g/mol. The molecule has 140 valence electrons. The molecule has 0 spiro atoms. The standard InChI is InChI=1S/C19H19FN4O3/c1-12(2)18-22-23-19(27-18)14-7-8-17(26)24(10-14)11-16(25)21-9-13-5-3-4-6-15(13)20/h3-8,10,12H,9,11H2,1-2H3,(H,21,25). The van der Waals surface area contributed by atoms with Crippen LogP contribution in [0.1, 0.15) is 31.2 Å². The van der Waals surface area contributed by atoms with E-state index < -0.39 is 11.7 Å². The summed E-state index contributed by atoms with van der Waals surface area (Å²) >= 11 is 0. The van der Waals surface area contributed by atoms with Crippen LogP contribution in [-0.2, 0) is 17.9 Å². The minimum absolute atomic E-state index is 0.0430. The van der Waals surface area contributed by atoms with Gasteiger partial charge in [-0.1, -0.05) is 32.0 Å². The molecule has 0 atom stereocenters. The summed E-state index contributed by atoms with van der Waals surface area (Å²) in [7, 11) is 0. The van der Waals surface area contributed by atoms with Crippen molar-refractivity contribution >= 4 is 5.91 Å². The quantitative estimate of drug-likeness (QED) is 0.720. The zero-order valence-electron chi connectivity index (χ0n) is 15.0. The second-order valence-electron chi connectivity index (χ2n) is 6.35. The van der Waals surface area contributed by atoms with E-state index in [1.165, 1.54) is 22.9 Å². The van der Waals surface area contributed by atoms with Gasteiger partial charge >= 0.3 is 0 Å². The van der Waals surface area contributed by atoms with Crippen molar-refractivity contribution < 1.29 is 13.6 Å². The number of pyridine rings is 1. The van der Waals surface area contributed by atoms with Gasteiger partial charge in [0.2, 0.25) is 17.7 Å². The fourth-order valence-corrected chi connectivity index (χ4v) is 2.41. The van der Waals surface area contributed by atoms with E-state index in [-0.39, 0.29) is 30.5 Å². The van der Waals surface area contributed by atoms with Gasteiger partial charge in [0.25, 0.3) is 5.56 Å². The Bertz CT molecular complexity index is 1010. The SMILES string of the molecule is CC(C)c1nnc(-c2ccc(=O)n(CC(=O)NCc3ccccc3F)c2)o1. The van der Waals surface area contributed by atoms with E-state index in [0.717, 1.165) is 0 Å². The van der Waals surface area contributed by atoms with Gasteiger partial charge in [-0.2, -0.15) is 0 Å². The van der Waals surface area contributed by atoms with Gasteiger partial charge in [-0.25, -0.2) is 4.39 Å². The summed E-state index contributed by atoms with van der Waals surface area (Å²) in [5, 5.41) is 10.5. The first-order valence-electron chi connectivity index (χ1n) is 8.48. The van der Waals surface area contributed by atoms with Gasteiger partial charge in [0.15, 0.2) is 0 Å². The Balaban J connectivity index is 1.71. The van der Waals surface area contributed by atoms with Gasteiger partial charge in [-0.15, -0.1) is 10.2 Å². The van der Waals surface area contributed by atoms with Crippen molar-refractivity contribution in [2.24, 2.45) is 0 Å². The molecule has 8 heteroatoms. The summed E-state index contributed by atoms with van der Waals surface area (Å²) < 4.78 is 20.4. The summed E-state index contributed by atoms with van der Waals surface area (Å²) in [6, 6.07) is 9.07. The highest BCUT2D eigenvalue weighted by Crippen LogP contribution is 2.20. The highest BCUT2D eigenvalue weighted by molar-refractivity contribution is 5.75. The second kappa shape index (κ2) is 7.94. The lowest BCUT2D eigenvalue weighted by molar-refractivity contribution is -0.121. The van der Waals surface area contributed by atoms with E-state index in [4.69, 9.17) is 4.42 Å². The van der Waals surface area contributed by atoms with E-state index in [9.17, 15) is 14.0 Å². The molecule has 0 unspecified atom stereocenters. The van der Waals surface area contributed by atoms with Crippen molar-refractivity contribution in [2.75, 3.05) is 0 Å². The normalized spacial score (nSPS) is 11.0. The Kier molecular flexibility index (Phi) is 5.44. The third-order valence-electron chi connectivity index (χ3n) is 3.91. The maximum Gasteiger partial charge on any atom is 0.251 e. The van der Waals surface area contributed by atoms with Crippen molar-refractivity contribution in [3.8, 4) is 11.5 Å². The molecule has 0 saturated carbocycles. The number of nitrogens with one attached hydrogen (secondary N) is 1. The number of amides is 1. The third kappa shape index (κ3) is 4.46. The molecule has 0 aliphatic heterocycles. The molecule has 7 nitrogen and oxygen atoms in total. The van der Waals surface area contributed by atoms with Crippen LogP contribution in [0.4, 0.5) is 4.39 Å². The number of carbonyl (C=O) groups excluding carboxylic acids is 1. The number of benzene rings is 1. The van der Waals surface area contributed by atoms with Crippen molar-refractivity contribution in [3.05, 3.63) is 70.2 Å². The zero-order chi connectivity index (χ0) is 19.4. The van der Waals surface area contributed by atoms with E-state index in [1.54, 1.807) is 24.3 Å². The van der Waals surface area contributed by atoms with Crippen LogP contribution in [0.2, 0.25) is 0 Å². The molecule has 0 aliphatic rings. The Labute approximate surface area is 154 Å². The molecular weight excluding hydrogens is 351 g/mol. The van der Waals surface area contributed by atoms with Gasteiger partial charge in [0.05, 0.1) is 5.56 Å². The molecule has 1 aromatic carbocycles. The fraction of sp³-hybridized carbons (Fsp3) is 0.263. The minimum Gasteiger partial charge on any atom is -0.420 e. The van der Waals surface area contributed by atoms with Crippen LogP contribution in [0.5, 0.6) is 0 Å². The predicted octanol–water partition coefficient (Wildman–Crippen LogP) is 2.48. The van der Waals surface area contributed by atoms with Crippen molar-refractivity contribution in [1.29, 1.82) is 0 Å². The zero-order valence-corrected chi connectivity index (χ0v) is 15.0. The number of nitrogens with zero attached hydrogens (tertiary/aromatic N) is 3. The molecule has 0 radical (unpaired) electrons. The van der Waals surface area contributed by atoms with Gasteiger partial charge < -0.3 is 14.3 Å². The molecule has 0 fully saturated rings. The number of hydrogen-bond donors (Lipinski definition) is 1. The Morgan fingerprint density at radius 3 is 2.70 bits per heavy atom. The average molecular weight is 370 g/mol. The molecular formula is C19H19FN4O3. The van der Waals surface area contributed by atoms with Crippen LogP contribution in [0, 0.1) is 5.82 Å². The first-order chi connectivity index (χ1) is 12.9. The highest BCUT2D eigenvalue weighted by Gasteiger charge is 2.13. The summed E-state index contributed by atoms with van der Waals surface area (Å²) in [4.78, 5) is 24.2. The highest BCUT2D eigenvalue weighted by atomic mass is 19.1. The number of carbonyl (C=O) groups is 1. The summed E-state index contributed by atoms with van der Waals surface area (Å²) in [5.74, 6) is 0.0473. The van der Waals surface area contributed by atoms with Crippen molar-refractivity contribution in [1.82, 2.24) is 20.1 Å². The number of halogens is 1. The smallest absolute Gasteiger partial charge is 0.251 e. The van der Waals surface area contributed by atoms with Gasteiger partial charge in [0, 0.05) is 30.3 Å². The first kappa shape index (κ1) is 18.5. The molecule has 0 bridgehead atoms. The van der Waals surface area contributed by atoms with Gasteiger partial charge in [0.1, 0.15) is 12.4 Å². The van der Waals surface area contributed by atoms with Crippen LogP contribution in [-0.4, -0.2) is 20.7 Å². The van der Waals surface area contributed by atoms with E-state index >= 15 is 0 Å². The largest absolute Gasteiger partial charge is 0.420 e. The van der Waals surface area contributed by atoms with Crippen LogP contribution in [0.3, 0.4) is 0 Å². The van der Waals surface area contributed by atoms with Crippen LogP contribution >= 0.6 is 0 Å². The molecule has 27 heavy (non-hydrogen) atoms. The lowest BCUT2D eigenvalue weighted by Crippen LogP contribution is -2.31. The lowest BCUT2D eigenvalue weighted by atomic mass is 10.2. The maximum absolute atomic E-state index is 13.6. The summed E-state index contributed by atoms with van der Waals surface area (Å²) in [6.45, 7) is 3.70. The Hall–Kier alpha value is -3.29. The number of rotatable bonds is 6. The fourth-order valence-electron chi connectivity index (χ4n) is 2.41. The van der Waals surface area contributed by atoms with E-state index in [1.807, 2.05) is 13.8 Å². The molecule has 3 rings (SSSR count). The molecule has 1 amide bonds. The molecule has 2 heterocycles. The van der Waals surface area contributed by atoms with E-state index in [2.05, 4.69) is 15.5 Å². The summed E-state index contributed by atoms with van der Waals surface area (Å²) in [5.41, 5.74) is 0.568. The molecule has 0 aliphatic carbocycles. The molecule has 1 N–H and O–H groups in total. The number of hydrogen-bond acceptors (Lipinski definition) is 5. The lowest BCUT2D eigenvalue weighted by Gasteiger charge is -2.09. The molecule has 3 aromatic rings. The Morgan fingerprint density at radius 1 is 1.22 bits per heavy atom.